The molecular formula is C18H19BrN2O2S. The molecule has 0 unspecified atom stereocenters. The van der Waals surface area contributed by atoms with Gasteiger partial charge in [-0.1, -0.05) is 18.2 Å². The molecule has 2 aromatic rings. The summed E-state index contributed by atoms with van der Waals surface area (Å²) in [6.07, 6.45) is 0. The molecule has 0 fully saturated rings. The van der Waals surface area contributed by atoms with Gasteiger partial charge in [-0.25, -0.2) is 0 Å². The molecule has 2 aromatic carbocycles. The lowest BCUT2D eigenvalue weighted by molar-refractivity contribution is -0.114. The molecule has 4 nitrogen and oxygen atoms in total. The minimum Gasteiger partial charge on any atom is -0.325 e. The molecule has 0 atom stereocenters. The van der Waals surface area contributed by atoms with Crippen molar-refractivity contribution in [1.82, 2.24) is 0 Å². The number of halogens is 1. The van der Waals surface area contributed by atoms with Crippen LogP contribution in [0.1, 0.15) is 11.1 Å². The number of hydrogen-bond donors (Lipinski definition) is 2. The van der Waals surface area contributed by atoms with Crippen molar-refractivity contribution >= 4 is 50.9 Å². The van der Waals surface area contributed by atoms with Gasteiger partial charge in [0.15, 0.2) is 0 Å². The minimum atomic E-state index is -0.132. The molecule has 2 N–H and O–H groups in total. The summed E-state index contributed by atoms with van der Waals surface area (Å²) in [5.41, 5.74) is 3.70. The molecular weight excluding hydrogens is 388 g/mol. The first kappa shape index (κ1) is 18.5. The van der Waals surface area contributed by atoms with E-state index >= 15 is 0 Å². The second-order valence-corrected chi connectivity index (χ2v) is 7.28. The number of rotatable bonds is 6. The first-order valence-electron chi connectivity index (χ1n) is 7.44. The number of nitrogens with one attached hydrogen (secondary N) is 2. The Hall–Kier alpha value is -1.79. The number of hydrogen-bond acceptors (Lipinski definition) is 3. The number of amides is 2. The average Bonchev–Trinajstić information content (AvgIpc) is 2.50. The Balaban J connectivity index is 1.75. The zero-order valence-corrected chi connectivity index (χ0v) is 16.0. The highest BCUT2D eigenvalue weighted by Crippen LogP contribution is 2.23. The highest BCUT2D eigenvalue weighted by Gasteiger charge is 2.08. The maximum absolute atomic E-state index is 11.9. The van der Waals surface area contributed by atoms with Gasteiger partial charge in [-0.3, -0.25) is 9.59 Å². The lowest BCUT2D eigenvalue weighted by Crippen LogP contribution is -2.18. The van der Waals surface area contributed by atoms with E-state index < -0.39 is 0 Å². The van der Waals surface area contributed by atoms with Crippen LogP contribution in [0, 0.1) is 13.8 Å². The van der Waals surface area contributed by atoms with Gasteiger partial charge in [0.1, 0.15) is 0 Å². The van der Waals surface area contributed by atoms with Crippen LogP contribution in [0.15, 0.2) is 46.9 Å². The highest BCUT2D eigenvalue weighted by atomic mass is 79.9. The van der Waals surface area contributed by atoms with Crippen molar-refractivity contribution in [3.05, 3.63) is 58.1 Å². The fourth-order valence-electron chi connectivity index (χ4n) is 2.06. The molecule has 0 spiro atoms. The maximum Gasteiger partial charge on any atom is 0.234 e. The lowest BCUT2D eigenvalue weighted by atomic mass is 10.2. The molecule has 0 aliphatic heterocycles. The van der Waals surface area contributed by atoms with Gasteiger partial charge in [0.05, 0.1) is 17.2 Å². The summed E-state index contributed by atoms with van der Waals surface area (Å²) in [6.45, 7) is 3.96. The Morgan fingerprint density at radius 1 is 0.958 bits per heavy atom. The van der Waals surface area contributed by atoms with Crippen LogP contribution in [0.5, 0.6) is 0 Å². The van der Waals surface area contributed by atoms with Crippen LogP contribution in [0.25, 0.3) is 0 Å². The molecule has 0 aliphatic carbocycles. The van der Waals surface area contributed by atoms with Crippen LogP contribution in [0.4, 0.5) is 11.4 Å². The first-order chi connectivity index (χ1) is 11.4. The van der Waals surface area contributed by atoms with Gasteiger partial charge in [0.25, 0.3) is 0 Å². The van der Waals surface area contributed by atoms with E-state index in [1.54, 1.807) is 0 Å². The fourth-order valence-corrected chi connectivity index (χ4v) is 3.27. The third-order valence-electron chi connectivity index (χ3n) is 3.17. The summed E-state index contributed by atoms with van der Waals surface area (Å²) in [5.74, 6) is 0.209. The summed E-state index contributed by atoms with van der Waals surface area (Å²) < 4.78 is 0.845. The Kier molecular flexibility index (Phi) is 6.87. The summed E-state index contributed by atoms with van der Waals surface area (Å²) >= 11 is 4.71. The Morgan fingerprint density at radius 2 is 1.62 bits per heavy atom. The topological polar surface area (TPSA) is 58.2 Å². The van der Waals surface area contributed by atoms with Crippen molar-refractivity contribution in [1.29, 1.82) is 0 Å². The van der Waals surface area contributed by atoms with Crippen molar-refractivity contribution in [2.45, 2.75) is 13.8 Å². The quantitative estimate of drug-likeness (QED) is 0.748. The molecule has 0 bridgehead atoms. The lowest BCUT2D eigenvalue weighted by Gasteiger charge is -2.08. The summed E-state index contributed by atoms with van der Waals surface area (Å²) in [4.78, 5) is 23.8. The summed E-state index contributed by atoms with van der Waals surface area (Å²) in [5, 5.41) is 5.65. The Labute approximate surface area is 154 Å². The number of anilines is 2. The van der Waals surface area contributed by atoms with E-state index in [9.17, 15) is 9.59 Å². The molecule has 0 heterocycles. The molecule has 0 aliphatic rings. The van der Waals surface area contributed by atoms with Crippen LogP contribution in [-0.4, -0.2) is 23.3 Å². The second kappa shape index (κ2) is 8.89. The fraction of sp³-hybridized carbons (Fsp3) is 0.222. The normalized spacial score (nSPS) is 10.3. The monoisotopic (exact) mass is 406 g/mol. The van der Waals surface area contributed by atoms with Gasteiger partial charge in [-0.15, -0.1) is 11.8 Å². The third-order valence-corrected chi connectivity index (χ3v) is 4.76. The van der Waals surface area contributed by atoms with E-state index in [0.717, 1.165) is 27.0 Å². The van der Waals surface area contributed by atoms with E-state index in [1.807, 2.05) is 56.3 Å². The average molecular weight is 407 g/mol. The van der Waals surface area contributed by atoms with E-state index in [1.165, 1.54) is 11.8 Å². The number of thioether (sulfide) groups is 1. The summed E-state index contributed by atoms with van der Waals surface area (Å²) in [6, 6.07) is 13.3. The van der Waals surface area contributed by atoms with Gasteiger partial charge in [-0.05, 0) is 65.2 Å². The van der Waals surface area contributed by atoms with Gasteiger partial charge in [0, 0.05) is 10.2 Å². The molecule has 126 valence electrons. The van der Waals surface area contributed by atoms with Crippen molar-refractivity contribution < 1.29 is 9.59 Å². The Bertz CT molecular complexity index is 750. The predicted molar refractivity (Wildman–Crippen MR) is 105 cm³/mol. The second-order valence-electron chi connectivity index (χ2n) is 5.44. The first-order valence-corrected chi connectivity index (χ1v) is 9.39. The number of carbonyl (C=O) groups is 2. The molecule has 0 saturated heterocycles. The molecule has 0 radical (unpaired) electrons. The van der Waals surface area contributed by atoms with Crippen LogP contribution in [-0.2, 0) is 9.59 Å². The molecule has 2 rings (SSSR count). The highest BCUT2D eigenvalue weighted by molar-refractivity contribution is 9.10. The van der Waals surface area contributed by atoms with Crippen LogP contribution < -0.4 is 10.6 Å². The van der Waals surface area contributed by atoms with Crippen LogP contribution in [0.2, 0.25) is 0 Å². The summed E-state index contributed by atoms with van der Waals surface area (Å²) in [7, 11) is 0. The van der Waals surface area contributed by atoms with Gasteiger partial charge in [0.2, 0.25) is 11.8 Å². The van der Waals surface area contributed by atoms with Crippen molar-refractivity contribution in [3.8, 4) is 0 Å². The molecule has 24 heavy (non-hydrogen) atoms. The molecule has 0 saturated carbocycles. The van der Waals surface area contributed by atoms with Crippen LogP contribution in [0.3, 0.4) is 0 Å². The SMILES string of the molecule is Cc1cccc(NC(=O)CSCC(=O)Nc2ccc(C)cc2Br)c1. The smallest absolute Gasteiger partial charge is 0.234 e. The van der Waals surface area contributed by atoms with Crippen molar-refractivity contribution in [2.75, 3.05) is 22.1 Å². The standard InChI is InChI=1S/C18H19BrN2O2S/c1-12-4-3-5-14(8-12)20-17(22)10-24-11-18(23)21-16-7-6-13(2)9-15(16)19/h3-9H,10-11H2,1-2H3,(H,20,22)(H,21,23). The third kappa shape index (κ3) is 6.02. The zero-order valence-electron chi connectivity index (χ0n) is 13.6. The van der Waals surface area contributed by atoms with Gasteiger partial charge < -0.3 is 10.6 Å². The van der Waals surface area contributed by atoms with Crippen LogP contribution >= 0.6 is 27.7 Å². The van der Waals surface area contributed by atoms with E-state index in [2.05, 4.69) is 26.6 Å². The Morgan fingerprint density at radius 3 is 2.29 bits per heavy atom. The number of aryl methyl sites for hydroxylation is 2. The van der Waals surface area contributed by atoms with Crippen molar-refractivity contribution in [3.63, 3.8) is 0 Å². The zero-order chi connectivity index (χ0) is 17.5. The van der Waals surface area contributed by atoms with E-state index in [4.69, 9.17) is 0 Å². The number of carbonyl (C=O) groups excluding carboxylic acids is 2. The predicted octanol–water partition coefficient (Wildman–Crippen LogP) is 4.38. The molecule has 6 heteroatoms. The van der Waals surface area contributed by atoms with Gasteiger partial charge in [-0.2, -0.15) is 0 Å². The van der Waals surface area contributed by atoms with Crippen molar-refractivity contribution in [2.24, 2.45) is 0 Å². The number of benzene rings is 2. The minimum absolute atomic E-state index is 0.116. The molecule has 2 amide bonds. The maximum atomic E-state index is 11.9. The largest absolute Gasteiger partial charge is 0.325 e. The van der Waals surface area contributed by atoms with E-state index in [-0.39, 0.29) is 23.3 Å². The van der Waals surface area contributed by atoms with E-state index in [0.29, 0.717) is 0 Å². The molecule has 0 aromatic heterocycles. The van der Waals surface area contributed by atoms with Gasteiger partial charge >= 0.3 is 0 Å².